The van der Waals surface area contributed by atoms with Gasteiger partial charge in [0.15, 0.2) is 0 Å². The SMILES string of the molecule is N#Cc1ccc(-n2c3ccccc3c3c4c5ccccc5n(-c5ccc6sc7ccccc7c6c5)c4ccc32)c(N2C(=O)c3ccccc3C2=O)c1. The van der Waals surface area contributed by atoms with Crippen LogP contribution in [0.2, 0.25) is 0 Å². The van der Waals surface area contributed by atoms with Crippen LogP contribution >= 0.6 is 11.3 Å². The summed E-state index contributed by atoms with van der Waals surface area (Å²) in [5.41, 5.74) is 7.19. The molecule has 0 aliphatic carbocycles. The molecule has 1 aliphatic rings. The second-order valence-corrected chi connectivity index (χ2v) is 14.2. The van der Waals surface area contributed by atoms with Crippen LogP contribution in [0.25, 0.3) is 75.2 Å². The number of hydrogen-bond donors (Lipinski definition) is 0. The van der Waals surface area contributed by atoms with Gasteiger partial charge < -0.3 is 9.13 Å². The summed E-state index contributed by atoms with van der Waals surface area (Å²) in [6.45, 7) is 0. The van der Waals surface area contributed by atoms with E-state index in [4.69, 9.17) is 0 Å². The predicted molar refractivity (Wildman–Crippen MR) is 210 cm³/mol. The average molecular weight is 685 g/mol. The van der Waals surface area contributed by atoms with Crippen LogP contribution in [0.1, 0.15) is 26.3 Å². The van der Waals surface area contributed by atoms with Gasteiger partial charge in [-0.1, -0.05) is 66.7 Å². The van der Waals surface area contributed by atoms with Crippen molar-refractivity contribution < 1.29 is 9.59 Å². The molecule has 4 heterocycles. The second kappa shape index (κ2) is 10.5. The molecule has 6 nitrogen and oxygen atoms in total. The van der Waals surface area contributed by atoms with Crippen molar-refractivity contribution in [2.45, 2.75) is 0 Å². The van der Waals surface area contributed by atoms with E-state index in [2.05, 4.69) is 106 Å². The Morgan fingerprint density at radius 3 is 1.75 bits per heavy atom. The fourth-order valence-corrected chi connectivity index (χ4v) is 9.36. The van der Waals surface area contributed by atoms with Crippen molar-refractivity contribution >= 4 is 92.6 Å². The molecule has 0 unspecified atom stereocenters. The van der Waals surface area contributed by atoms with Crippen LogP contribution in [0.5, 0.6) is 0 Å². The minimum Gasteiger partial charge on any atom is -0.309 e. The quantitative estimate of drug-likeness (QED) is 0.174. The molecule has 10 aromatic rings. The first-order valence-corrected chi connectivity index (χ1v) is 17.8. The fourth-order valence-electron chi connectivity index (χ4n) is 8.28. The van der Waals surface area contributed by atoms with Gasteiger partial charge in [-0.25, -0.2) is 4.90 Å². The number of imide groups is 1. The molecule has 11 rings (SSSR count). The first kappa shape index (κ1) is 28.8. The van der Waals surface area contributed by atoms with Crippen molar-refractivity contribution in [3.05, 3.63) is 162 Å². The number of rotatable bonds is 3. The van der Waals surface area contributed by atoms with Gasteiger partial charge in [-0.2, -0.15) is 5.26 Å². The second-order valence-electron chi connectivity index (χ2n) is 13.1. The van der Waals surface area contributed by atoms with E-state index < -0.39 is 11.8 Å². The van der Waals surface area contributed by atoms with Crippen molar-refractivity contribution in [3.63, 3.8) is 0 Å². The molecule has 1 aliphatic heterocycles. The molecular weight excluding hydrogens is 661 g/mol. The number of aromatic nitrogens is 2. The number of thiophene rings is 1. The Hall–Kier alpha value is -7.01. The minimum absolute atomic E-state index is 0.353. The molecule has 0 bridgehead atoms. The van der Waals surface area contributed by atoms with Crippen LogP contribution in [0.4, 0.5) is 5.69 Å². The Bertz CT molecular complexity index is 3230. The highest BCUT2D eigenvalue weighted by Gasteiger charge is 2.38. The summed E-state index contributed by atoms with van der Waals surface area (Å²) in [5, 5.41) is 16.8. The van der Waals surface area contributed by atoms with Crippen LogP contribution in [0, 0.1) is 11.3 Å². The third-order valence-electron chi connectivity index (χ3n) is 10.5. The van der Waals surface area contributed by atoms with Crippen LogP contribution in [-0.4, -0.2) is 20.9 Å². The lowest BCUT2D eigenvalue weighted by Crippen LogP contribution is -2.30. The summed E-state index contributed by atoms with van der Waals surface area (Å²) in [7, 11) is 0. The van der Waals surface area contributed by atoms with Crippen LogP contribution < -0.4 is 4.90 Å². The van der Waals surface area contributed by atoms with E-state index in [0.29, 0.717) is 28.1 Å². The monoisotopic (exact) mass is 684 g/mol. The predicted octanol–water partition coefficient (Wildman–Crippen LogP) is 10.9. The van der Waals surface area contributed by atoms with Crippen molar-refractivity contribution in [2.24, 2.45) is 0 Å². The van der Waals surface area contributed by atoms with Crippen molar-refractivity contribution in [3.8, 4) is 17.4 Å². The van der Waals surface area contributed by atoms with Crippen molar-refractivity contribution in [1.82, 2.24) is 9.13 Å². The van der Waals surface area contributed by atoms with Gasteiger partial charge in [-0.05, 0) is 78.9 Å². The van der Waals surface area contributed by atoms with E-state index in [1.165, 1.54) is 25.1 Å². The van der Waals surface area contributed by atoms with Crippen molar-refractivity contribution in [1.29, 1.82) is 5.26 Å². The van der Waals surface area contributed by atoms with E-state index in [1.807, 2.05) is 29.5 Å². The molecule has 0 N–H and O–H groups in total. The summed E-state index contributed by atoms with van der Waals surface area (Å²) in [6, 6.07) is 50.7. The molecule has 7 aromatic carbocycles. The maximum absolute atomic E-state index is 13.9. The van der Waals surface area contributed by atoms with Gasteiger partial charge in [-0.15, -0.1) is 11.3 Å². The summed E-state index contributed by atoms with van der Waals surface area (Å²) in [6.07, 6.45) is 0. The number of para-hydroxylation sites is 2. The van der Waals surface area contributed by atoms with Gasteiger partial charge in [0, 0.05) is 47.4 Å². The van der Waals surface area contributed by atoms with Crippen LogP contribution in [0.15, 0.2) is 146 Å². The van der Waals surface area contributed by atoms with Gasteiger partial charge in [0.1, 0.15) is 0 Å². The Balaban J connectivity index is 1.22. The summed E-state index contributed by atoms with van der Waals surface area (Å²) < 4.78 is 7.01. The normalized spacial score (nSPS) is 13.0. The molecule has 0 radical (unpaired) electrons. The highest BCUT2D eigenvalue weighted by atomic mass is 32.1. The molecule has 0 saturated carbocycles. The average Bonchev–Trinajstić information content (AvgIpc) is 3.91. The maximum Gasteiger partial charge on any atom is 0.266 e. The molecular formula is C45H24N4O2S. The third-order valence-corrected chi connectivity index (χ3v) is 11.6. The van der Waals surface area contributed by atoms with E-state index in [0.717, 1.165) is 49.3 Å². The van der Waals surface area contributed by atoms with E-state index in [1.54, 1.807) is 36.4 Å². The summed E-state index contributed by atoms with van der Waals surface area (Å²) in [4.78, 5) is 28.9. The number of nitrogens with zero attached hydrogens (tertiary/aromatic N) is 4. The lowest BCUT2D eigenvalue weighted by Gasteiger charge is -2.20. The van der Waals surface area contributed by atoms with Gasteiger partial charge in [0.05, 0.1) is 56.2 Å². The standard InChI is InChI=1S/C45H24N4O2S/c46-25-26-17-19-36(39(23-26)49-44(50)29-10-1-2-11-30(29)45(49)51)48-35-15-7-4-13-32(35)43-38(48)21-20-37-42(43)31-12-3-6-14-34(31)47(37)27-18-22-41-33(24-27)28-9-5-8-16-40(28)52-41/h1-24H. The number of nitriles is 1. The zero-order chi connectivity index (χ0) is 34.7. The lowest BCUT2D eigenvalue weighted by molar-refractivity contribution is 0.0926. The largest absolute Gasteiger partial charge is 0.309 e. The highest BCUT2D eigenvalue weighted by molar-refractivity contribution is 7.25. The molecule has 0 spiro atoms. The molecule has 3 aromatic heterocycles. The number of carbonyl (C=O) groups is 2. The molecule has 0 saturated heterocycles. The first-order valence-electron chi connectivity index (χ1n) is 17.0. The summed E-state index contributed by atoms with van der Waals surface area (Å²) >= 11 is 1.81. The topological polar surface area (TPSA) is 71.0 Å². The number of carbonyl (C=O) groups excluding carboxylic acids is 2. The molecule has 52 heavy (non-hydrogen) atoms. The number of benzene rings is 7. The molecule has 2 amide bonds. The van der Waals surface area contributed by atoms with E-state index in [-0.39, 0.29) is 0 Å². The minimum atomic E-state index is -0.404. The highest BCUT2D eigenvalue weighted by Crippen LogP contribution is 2.45. The Kier molecular flexibility index (Phi) is 5.81. The van der Waals surface area contributed by atoms with Gasteiger partial charge in [0.25, 0.3) is 11.8 Å². The molecule has 0 fully saturated rings. The van der Waals surface area contributed by atoms with Gasteiger partial charge in [0.2, 0.25) is 0 Å². The Morgan fingerprint density at radius 1 is 0.481 bits per heavy atom. The fraction of sp³-hybridized carbons (Fsp3) is 0. The third kappa shape index (κ3) is 3.76. The van der Waals surface area contributed by atoms with E-state index in [9.17, 15) is 14.9 Å². The molecule has 0 atom stereocenters. The van der Waals surface area contributed by atoms with Gasteiger partial charge >= 0.3 is 0 Å². The van der Waals surface area contributed by atoms with Crippen LogP contribution in [0.3, 0.4) is 0 Å². The Labute approximate surface area is 300 Å². The smallest absolute Gasteiger partial charge is 0.266 e. The Morgan fingerprint density at radius 2 is 1.06 bits per heavy atom. The van der Waals surface area contributed by atoms with E-state index >= 15 is 0 Å². The molecule has 242 valence electrons. The molecule has 7 heteroatoms. The number of fused-ring (bicyclic) bond motifs is 11. The lowest BCUT2D eigenvalue weighted by atomic mass is 10.1. The zero-order valence-electron chi connectivity index (χ0n) is 27.4. The summed E-state index contributed by atoms with van der Waals surface area (Å²) in [5.74, 6) is -0.808. The van der Waals surface area contributed by atoms with Gasteiger partial charge in [-0.3, -0.25) is 9.59 Å². The first-order chi connectivity index (χ1) is 25.6. The number of amides is 2. The number of hydrogen-bond acceptors (Lipinski definition) is 4. The van der Waals surface area contributed by atoms with Crippen LogP contribution in [-0.2, 0) is 0 Å². The zero-order valence-corrected chi connectivity index (χ0v) is 28.2. The maximum atomic E-state index is 13.9. The van der Waals surface area contributed by atoms with Crippen molar-refractivity contribution in [2.75, 3.05) is 4.90 Å². The number of anilines is 1.